The van der Waals surface area contributed by atoms with Crippen LogP contribution in [-0.4, -0.2) is 27.1 Å². The lowest BCUT2D eigenvalue weighted by Crippen LogP contribution is -2.24. The largest absolute Gasteiger partial charge is 0.378 e. The van der Waals surface area contributed by atoms with Crippen molar-refractivity contribution in [1.82, 2.24) is 14.3 Å². The van der Waals surface area contributed by atoms with Crippen LogP contribution in [0.25, 0.3) is 5.82 Å². The van der Waals surface area contributed by atoms with E-state index in [-0.39, 0.29) is 5.56 Å². The zero-order valence-electron chi connectivity index (χ0n) is 10.7. The molecule has 1 saturated heterocycles. The van der Waals surface area contributed by atoms with Gasteiger partial charge in [0.1, 0.15) is 0 Å². The summed E-state index contributed by atoms with van der Waals surface area (Å²) in [6.07, 6.45) is 6.88. The summed E-state index contributed by atoms with van der Waals surface area (Å²) in [5.41, 5.74) is 0.00338. The van der Waals surface area contributed by atoms with Gasteiger partial charge in [0.15, 0.2) is 5.82 Å². The molecule has 0 aromatic carbocycles. The lowest BCUT2D eigenvalue weighted by atomic mass is 10.2. The summed E-state index contributed by atoms with van der Waals surface area (Å²) in [7, 11) is 0. The number of hydrogen-bond acceptors (Lipinski definition) is 3. The molecule has 0 N–H and O–H groups in total. The lowest BCUT2D eigenvalue weighted by molar-refractivity contribution is 0.0986. The van der Waals surface area contributed by atoms with Crippen LogP contribution in [0.3, 0.4) is 0 Å². The van der Waals surface area contributed by atoms with E-state index in [1.54, 1.807) is 27.8 Å². The molecule has 2 aromatic rings. The van der Waals surface area contributed by atoms with Gasteiger partial charge < -0.3 is 4.74 Å². The summed E-state index contributed by atoms with van der Waals surface area (Å²) in [6.45, 7) is 1.51. The van der Waals surface area contributed by atoms with Gasteiger partial charge in [-0.25, -0.2) is 14.3 Å². The molecule has 2 aromatic heterocycles. The van der Waals surface area contributed by atoms with Gasteiger partial charge in [-0.2, -0.15) is 0 Å². The fourth-order valence-electron chi connectivity index (χ4n) is 2.45. The second-order valence-electron chi connectivity index (χ2n) is 4.73. The molecular formula is C14H17N3O2. The molecule has 0 amide bonds. The summed E-state index contributed by atoms with van der Waals surface area (Å²) >= 11 is 0. The van der Waals surface area contributed by atoms with Crippen molar-refractivity contribution in [2.75, 3.05) is 6.61 Å². The standard InChI is InChI=1S/C14H17N3O2/c18-14-7-10-16(13-5-1-2-8-15-13)17(14)9-6-12-4-3-11-19-12/h1-2,5,7-8,10,12H,3-4,6,9,11H2/t12-/m0/s1. The van der Waals surface area contributed by atoms with Gasteiger partial charge in [-0.05, 0) is 31.4 Å². The Bertz CT molecular complexity index is 582. The van der Waals surface area contributed by atoms with Crippen molar-refractivity contribution in [3.8, 4) is 5.82 Å². The maximum Gasteiger partial charge on any atom is 0.266 e. The highest BCUT2D eigenvalue weighted by Crippen LogP contribution is 2.16. The average molecular weight is 259 g/mol. The third-order valence-electron chi connectivity index (χ3n) is 3.44. The molecule has 19 heavy (non-hydrogen) atoms. The highest BCUT2D eigenvalue weighted by Gasteiger charge is 2.16. The monoisotopic (exact) mass is 259 g/mol. The third kappa shape index (κ3) is 2.61. The molecule has 3 heterocycles. The number of pyridine rings is 1. The molecule has 0 aliphatic carbocycles. The summed E-state index contributed by atoms with van der Waals surface area (Å²) in [5, 5.41) is 0. The summed E-state index contributed by atoms with van der Waals surface area (Å²) in [6, 6.07) is 7.24. The van der Waals surface area contributed by atoms with Gasteiger partial charge in [0.05, 0.1) is 6.10 Å². The molecule has 0 spiro atoms. The highest BCUT2D eigenvalue weighted by atomic mass is 16.5. The first-order valence-corrected chi connectivity index (χ1v) is 6.66. The topological polar surface area (TPSA) is 49.0 Å². The first kappa shape index (κ1) is 12.2. The maximum atomic E-state index is 11.9. The lowest BCUT2D eigenvalue weighted by Gasteiger charge is -2.13. The van der Waals surface area contributed by atoms with Crippen molar-refractivity contribution < 1.29 is 4.74 Å². The van der Waals surface area contributed by atoms with Crippen LogP contribution in [0, 0.1) is 0 Å². The third-order valence-corrected chi connectivity index (χ3v) is 3.44. The molecule has 0 saturated carbocycles. The van der Waals surface area contributed by atoms with Gasteiger partial charge in [-0.1, -0.05) is 6.07 Å². The van der Waals surface area contributed by atoms with Gasteiger partial charge in [0.2, 0.25) is 0 Å². The van der Waals surface area contributed by atoms with E-state index in [1.807, 2.05) is 18.2 Å². The molecule has 0 bridgehead atoms. The smallest absolute Gasteiger partial charge is 0.266 e. The van der Waals surface area contributed by atoms with Crippen molar-refractivity contribution in [3.63, 3.8) is 0 Å². The molecule has 0 radical (unpaired) electrons. The zero-order valence-corrected chi connectivity index (χ0v) is 10.7. The highest BCUT2D eigenvalue weighted by molar-refractivity contribution is 5.20. The maximum absolute atomic E-state index is 11.9. The molecule has 1 aliphatic heterocycles. The number of aromatic nitrogens is 3. The second-order valence-corrected chi connectivity index (χ2v) is 4.73. The fourth-order valence-corrected chi connectivity index (χ4v) is 2.45. The van der Waals surface area contributed by atoms with Crippen LogP contribution >= 0.6 is 0 Å². The summed E-state index contributed by atoms with van der Waals surface area (Å²) in [4.78, 5) is 16.2. The van der Waals surface area contributed by atoms with Crippen molar-refractivity contribution in [1.29, 1.82) is 0 Å². The van der Waals surface area contributed by atoms with Gasteiger partial charge in [0, 0.05) is 31.6 Å². The van der Waals surface area contributed by atoms with Crippen LogP contribution < -0.4 is 5.56 Å². The number of hydrogen-bond donors (Lipinski definition) is 0. The molecule has 5 nitrogen and oxygen atoms in total. The summed E-state index contributed by atoms with van der Waals surface area (Å²) < 4.78 is 9.11. The van der Waals surface area contributed by atoms with E-state index in [2.05, 4.69) is 4.98 Å². The van der Waals surface area contributed by atoms with Crippen LogP contribution in [0.5, 0.6) is 0 Å². The van der Waals surface area contributed by atoms with Gasteiger partial charge in [-0.3, -0.25) is 4.79 Å². The van der Waals surface area contributed by atoms with E-state index in [4.69, 9.17) is 4.74 Å². The van der Waals surface area contributed by atoms with Crippen molar-refractivity contribution in [2.24, 2.45) is 0 Å². The van der Waals surface area contributed by atoms with E-state index in [0.29, 0.717) is 12.6 Å². The van der Waals surface area contributed by atoms with E-state index in [1.165, 1.54) is 0 Å². The van der Waals surface area contributed by atoms with Crippen molar-refractivity contribution >= 4 is 0 Å². The molecule has 5 heteroatoms. The van der Waals surface area contributed by atoms with Crippen LogP contribution in [0.4, 0.5) is 0 Å². The minimum atomic E-state index is 0.00338. The van der Waals surface area contributed by atoms with Crippen LogP contribution in [-0.2, 0) is 11.3 Å². The van der Waals surface area contributed by atoms with E-state index in [0.717, 1.165) is 31.7 Å². The Kier molecular flexibility index (Phi) is 3.46. The molecule has 0 unspecified atom stereocenters. The van der Waals surface area contributed by atoms with Crippen molar-refractivity contribution in [3.05, 3.63) is 47.0 Å². The Balaban J connectivity index is 1.80. The van der Waals surface area contributed by atoms with Crippen LogP contribution in [0.1, 0.15) is 19.3 Å². The van der Waals surface area contributed by atoms with Crippen LogP contribution in [0.15, 0.2) is 41.5 Å². The Hall–Kier alpha value is -1.88. The van der Waals surface area contributed by atoms with Gasteiger partial charge in [-0.15, -0.1) is 0 Å². The Morgan fingerprint density at radius 2 is 2.32 bits per heavy atom. The molecule has 100 valence electrons. The minimum Gasteiger partial charge on any atom is -0.378 e. The number of ether oxygens (including phenoxy) is 1. The molecule has 3 rings (SSSR count). The quantitative estimate of drug-likeness (QED) is 0.838. The SMILES string of the molecule is O=c1ccn(-c2ccccn2)n1CC[C@@H]1CCCO1. The number of rotatable bonds is 4. The minimum absolute atomic E-state index is 0.00338. The number of nitrogens with zero attached hydrogens (tertiary/aromatic N) is 3. The predicted octanol–water partition coefficient (Wildman–Crippen LogP) is 1.60. The van der Waals surface area contributed by atoms with E-state index >= 15 is 0 Å². The second kappa shape index (κ2) is 5.40. The first-order valence-electron chi connectivity index (χ1n) is 6.66. The Morgan fingerprint density at radius 1 is 1.37 bits per heavy atom. The molecular weight excluding hydrogens is 242 g/mol. The van der Waals surface area contributed by atoms with Gasteiger partial charge in [0.25, 0.3) is 5.56 Å². The average Bonchev–Trinajstić information content (AvgIpc) is 3.07. The van der Waals surface area contributed by atoms with E-state index in [9.17, 15) is 4.79 Å². The van der Waals surface area contributed by atoms with Crippen molar-refractivity contribution in [2.45, 2.75) is 31.9 Å². The molecule has 1 atom stereocenters. The van der Waals surface area contributed by atoms with Crippen LogP contribution in [0.2, 0.25) is 0 Å². The Morgan fingerprint density at radius 3 is 3.05 bits per heavy atom. The van der Waals surface area contributed by atoms with E-state index < -0.39 is 0 Å². The predicted molar refractivity (Wildman–Crippen MR) is 71.4 cm³/mol. The normalized spacial score (nSPS) is 18.8. The Labute approximate surface area is 111 Å². The molecule has 1 fully saturated rings. The first-order chi connectivity index (χ1) is 9.34. The summed E-state index contributed by atoms with van der Waals surface area (Å²) in [5.74, 6) is 0.761. The van der Waals surface area contributed by atoms with Gasteiger partial charge >= 0.3 is 0 Å². The fraction of sp³-hybridized carbons (Fsp3) is 0.429. The molecule has 1 aliphatic rings. The zero-order chi connectivity index (χ0) is 13.1.